The van der Waals surface area contributed by atoms with Crippen LogP contribution in [0.3, 0.4) is 0 Å². The van der Waals surface area contributed by atoms with Crippen LogP contribution in [-0.2, 0) is 18.9 Å². The van der Waals surface area contributed by atoms with Crippen LogP contribution in [0.2, 0.25) is 0 Å². The molecule has 0 bridgehead atoms. The molecule has 0 aromatic heterocycles. The van der Waals surface area contributed by atoms with E-state index < -0.39 is 0 Å². The molecule has 4 aliphatic rings. The van der Waals surface area contributed by atoms with Crippen molar-refractivity contribution in [3.8, 4) is 0 Å². The third kappa shape index (κ3) is 9.42. The first-order valence-electron chi connectivity index (χ1n) is 15.5. The fraction of sp³-hybridized carbons (Fsp3) is 1.00. The van der Waals surface area contributed by atoms with E-state index in [1.807, 2.05) is 0 Å². The van der Waals surface area contributed by atoms with E-state index in [1.165, 1.54) is 0 Å². The van der Waals surface area contributed by atoms with Crippen LogP contribution in [0.1, 0.15) is 119 Å². The highest BCUT2D eigenvalue weighted by atomic mass is 16.5. The minimum atomic E-state index is -0.140. The molecule has 2 aliphatic heterocycles. The topological polar surface area (TPSA) is 52.2 Å². The average molecular weight is 523 g/mol. The zero-order chi connectivity index (χ0) is 26.7. The quantitative estimate of drug-likeness (QED) is 0.367. The second-order valence-corrected chi connectivity index (χ2v) is 14.6. The van der Waals surface area contributed by atoms with Crippen LogP contribution in [-0.4, -0.2) is 84.4 Å². The van der Waals surface area contributed by atoms with Crippen molar-refractivity contribution in [1.82, 2.24) is 10.2 Å². The number of likely N-dealkylation sites (tertiary alicyclic amines) is 1. The maximum absolute atomic E-state index is 6.65. The molecule has 0 spiro atoms. The van der Waals surface area contributed by atoms with E-state index in [9.17, 15) is 0 Å². The van der Waals surface area contributed by atoms with Gasteiger partial charge in [0.2, 0.25) is 0 Å². The fourth-order valence-corrected chi connectivity index (χ4v) is 6.62. The van der Waals surface area contributed by atoms with Gasteiger partial charge in [-0.2, -0.15) is 0 Å². The van der Waals surface area contributed by atoms with Crippen LogP contribution in [0.5, 0.6) is 0 Å². The van der Waals surface area contributed by atoms with Crippen LogP contribution in [0.15, 0.2) is 0 Å². The normalized spacial score (nSPS) is 31.5. The second kappa shape index (κ2) is 12.5. The zero-order valence-corrected chi connectivity index (χ0v) is 25.2. The molecule has 4 rings (SSSR count). The number of nitrogens with one attached hydrogen (secondary N) is 1. The van der Waals surface area contributed by atoms with Gasteiger partial charge >= 0.3 is 0 Å². The monoisotopic (exact) mass is 522 g/mol. The van der Waals surface area contributed by atoms with Crippen molar-refractivity contribution in [3.05, 3.63) is 0 Å². The molecular weight excluding hydrogens is 464 g/mol. The second-order valence-electron chi connectivity index (χ2n) is 14.6. The van der Waals surface area contributed by atoms with E-state index in [2.05, 4.69) is 58.7 Å². The van der Waals surface area contributed by atoms with Gasteiger partial charge in [0, 0.05) is 18.6 Å². The Morgan fingerprint density at radius 2 is 1.05 bits per heavy atom. The number of piperidine rings is 2. The van der Waals surface area contributed by atoms with Crippen molar-refractivity contribution in [1.29, 1.82) is 0 Å². The molecule has 2 atom stereocenters. The van der Waals surface area contributed by atoms with Crippen molar-refractivity contribution in [3.63, 3.8) is 0 Å². The van der Waals surface area contributed by atoms with Crippen molar-refractivity contribution in [2.45, 2.75) is 172 Å². The standard InChI is InChI=1S/C31H58N2O4/c1-29(2,3)33-18-12-24(13-19-33)34-25-8-9-26(20-25)36-30(4,5)14-15-31(6,7)37-28-21-27(22-28)35-23-10-16-32-17-11-23/h23-28,32H,8-22H2,1-7H3/t25?,26?,27-,28+. The molecule has 1 N–H and O–H groups in total. The van der Waals surface area contributed by atoms with Gasteiger partial charge in [-0.15, -0.1) is 0 Å². The fourth-order valence-electron chi connectivity index (χ4n) is 6.62. The Hall–Kier alpha value is -0.240. The minimum Gasteiger partial charge on any atom is -0.375 e. The van der Waals surface area contributed by atoms with Gasteiger partial charge in [0.1, 0.15) is 0 Å². The lowest BCUT2D eigenvalue weighted by Crippen LogP contribution is -2.48. The Balaban J connectivity index is 1.10. The van der Waals surface area contributed by atoms with Crippen molar-refractivity contribution in [2.75, 3.05) is 26.2 Å². The maximum atomic E-state index is 6.65. The SMILES string of the molecule is CC(C)(CCC(C)(C)O[C@H]1C[C@@H](OC2CCNCC2)C1)OC1CCC(OC2CCN(C(C)(C)C)CC2)C1. The summed E-state index contributed by atoms with van der Waals surface area (Å²) in [6, 6.07) is 0. The molecule has 2 heterocycles. The maximum Gasteiger partial charge on any atom is 0.0631 e. The van der Waals surface area contributed by atoms with E-state index in [0.717, 1.165) is 96.8 Å². The summed E-state index contributed by atoms with van der Waals surface area (Å²) in [6.07, 6.45) is 14.3. The molecule has 2 saturated carbocycles. The van der Waals surface area contributed by atoms with Gasteiger partial charge in [-0.1, -0.05) is 0 Å². The first kappa shape index (κ1) is 29.7. The van der Waals surface area contributed by atoms with E-state index in [0.29, 0.717) is 36.6 Å². The molecule has 4 fully saturated rings. The van der Waals surface area contributed by atoms with Gasteiger partial charge < -0.3 is 24.3 Å². The minimum absolute atomic E-state index is 0.131. The number of ether oxygens (including phenoxy) is 4. The first-order chi connectivity index (χ1) is 17.4. The predicted molar refractivity (Wildman–Crippen MR) is 150 cm³/mol. The van der Waals surface area contributed by atoms with Crippen LogP contribution in [0.4, 0.5) is 0 Å². The van der Waals surface area contributed by atoms with E-state index in [4.69, 9.17) is 18.9 Å². The highest BCUT2D eigenvalue weighted by Gasteiger charge is 2.38. The Labute approximate surface area is 227 Å². The van der Waals surface area contributed by atoms with Crippen LogP contribution in [0, 0.1) is 0 Å². The highest BCUT2D eigenvalue weighted by Crippen LogP contribution is 2.36. The summed E-state index contributed by atoms with van der Waals surface area (Å²) in [5, 5.41) is 3.41. The third-order valence-corrected chi connectivity index (χ3v) is 9.14. The lowest BCUT2D eigenvalue weighted by molar-refractivity contribution is -0.176. The Morgan fingerprint density at radius 3 is 1.65 bits per heavy atom. The average Bonchev–Trinajstić information content (AvgIpc) is 3.23. The molecule has 6 nitrogen and oxygen atoms in total. The molecule has 37 heavy (non-hydrogen) atoms. The molecule has 0 aromatic carbocycles. The number of rotatable bonds is 11. The van der Waals surface area contributed by atoms with Crippen molar-refractivity contribution < 1.29 is 18.9 Å². The summed E-state index contributed by atoms with van der Waals surface area (Å²) in [6.45, 7) is 20.4. The van der Waals surface area contributed by atoms with Gasteiger partial charge in [0.25, 0.3) is 0 Å². The molecule has 2 saturated heterocycles. The lowest BCUT2D eigenvalue weighted by Gasteiger charge is -2.43. The molecule has 0 radical (unpaired) electrons. The van der Waals surface area contributed by atoms with Gasteiger partial charge in [-0.05, 0) is 132 Å². The largest absolute Gasteiger partial charge is 0.375 e. The predicted octanol–water partition coefficient (Wildman–Crippen LogP) is 5.86. The summed E-state index contributed by atoms with van der Waals surface area (Å²) < 4.78 is 26.0. The van der Waals surface area contributed by atoms with E-state index in [-0.39, 0.29) is 16.7 Å². The van der Waals surface area contributed by atoms with Crippen molar-refractivity contribution in [2.24, 2.45) is 0 Å². The number of hydrogen-bond acceptors (Lipinski definition) is 6. The molecule has 0 aromatic rings. The summed E-state index contributed by atoms with van der Waals surface area (Å²) in [5.74, 6) is 0. The number of nitrogens with zero attached hydrogens (tertiary/aromatic N) is 1. The molecule has 2 aliphatic carbocycles. The Bertz CT molecular complexity index is 686. The molecule has 2 unspecified atom stereocenters. The summed E-state index contributed by atoms with van der Waals surface area (Å²) in [7, 11) is 0. The third-order valence-electron chi connectivity index (χ3n) is 9.14. The summed E-state index contributed by atoms with van der Waals surface area (Å²) >= 11 is 0. The Morgan fingerprint density at radius 1 is 0.568 bits per heavy atom. The molecule has 0 amide bonds. The Kier molecular flexibility index (Phi) is 10.1. The lowest BCUT2D eigenvalue weighted by atomic mass is 9.88. The molecular formula is C31H58N2O4. The summed E-state index contributed by atoms with van der Waals surface area (Å²) in [4.78, 5) is 2.59. The van der Waals surface area contributed by atoms with Crippen LogP contribution < -0.4 is 5.32 Å². The number of hydrogen-bond donors (Lipinski definition) is 1. The van der Waals surface area contributed by atoms with E-state index >= 15 is 0 Å². The van der Waals surface area contributed by atoms with Crippen LogP contribution >= 0.6 is 0 Å². The zero-order valence-electron chi connectivity index (χ0n) is 25.2. The van der Waals surface area contributed by atoms with E-state index in [1.54, 1.807) is 0 Å². The smallest absolute Gasteiger partial charge is 0.0631 e. The van der Waals surface area contributed by atoms with Gasteiger partial charge in [-0.25, -0.2) is 0 Å². The molecule has 216 valence electrons. The summed E-state index contributed by atoms with van der Waals surface area (Å²) in [5.41, 5.74) is -0.00340. The molecule has 6 heteroatoms. The first-order valence-corrected chi connectivity index (χ1v) is 15.5. The van der Waals surface area contributed by atoms with Crippen LogP contribution in [0.25, 0.3) is 0 Å². The van der Waals surface area contributed by atoms with Gasteiger partial charge in [-0.3, -0.25) is 4.90 Å². The highest BCUT2D eigenvalue weighted by molar-refractivity contribution is 4.88. The van der Waals surface area contributed by atoms with Crippen molar-refractivity contribution >= 4 is 0 Å². The van der Waals surface area contributed by atoms with Gasteiger partial charge in [0.05, 0.1) is 47.8 Å². The van der Waals surface area contributed by atoms with Gasteiger partial charge in [0.15, 0.2) is 0 Å².